The fourth-order valence-electron chi connectivity index (χ4n) is 5.04. The van der Waals surface area contributed by atoms with Gasteiger partial charge in [-0.15, -0.1) is 0 Å². The van der Waals surface area contributed by atoms with Crippen LogP contribution in [0, 0.1) is 5.82 Å². The summed E-state index contributed by atoms with van der Waals surface area (Å²) in [5, 5.41) is 2.42. The molecule has 0 fully saturated rings. The maximum absolute atomic E-state index is 14.0. The van der Waals surface area contributed by atoms with Gasteiger partial charge in [0.25, 0.3) is 0 Å². The number of benzene rings is 3. The van der Waals surface area contributed by atoms with E-state index in [2.05, 4.69) is 45.5 Å². The molecule has 212 valence electrons. The lowest BCUT2D eigenvalue weighted by Crippen LogP contribution is -2.28. The zero-order chi connectivity index (χ0) is 28.9. The molecule has 2 amide bonds. The van der Waals surface area contributed by atoms with Gasteiger partial charge < -0.3 is 14.2 Å². The van der Waals surface area contributed by atoms with Crippen LogP contribution >= 0.6 is 11.6 Å². The summed E-state index contributed by atoms with van der Waals surface area (Å²) in [5.41, 5.74) is 5.73. The largest absolute Gasteiger partial charge is 0.484 e. The zero-order valence-electron chi connectivity index (χ0n) is 22.9. The molecule has 1 aliphatic heterocycles. The molecule has 1 aliphatic rings. The van der Waals surface area contributed by atoms with E-state index in [1.54, 1.807) is 18.3 Å². The van der Waals surface area contributed by atoms with Gasteiger partial charge in [-0.1, -0.05) is 54.1 Å². The van der Waals surface area contributed by atoms with Gasteiger partial charge in [-0.2, -0.15) is 0 Å². The van der Waals surface area contributed by atoms with E-state index in [9.17, 15) is 14.0 Å². The van der Waals surface area contributed by atoms with Crippen molar-refractivity contribution in [1.29, 1.82) is 0 Å². The van der Waals surface area contributed by atoms with Crippen LogP contribution in [0.5, 0.6) is 5.75 Å². The third-order valence-corrected chi connectivity index (χ3v) is 7.53. The van der Waals surface area contributed by atoms with Crippen molar-refractivity contribution < 1.29 is 18.7 Å². The number of hydrogen-bond acceptors (Lipinski definition) is 6. The van der Waals surface area contributed by atoms with E-state index >= 15 is 0 Å². The Bertz CT molecular complexity index is 1540. The SMILES string of the molecule is CN(CCC(=O)NC=O)c1cnc(-c2ccc3c(c2)CN(Cc2ccc(COc4c(F)cccc4Cl)cc2)C3)n1C. The van der Waals surface area contributed by atoms with E-state index in [1.807, 2.05) is 35.7 Å². The lowest BCUT2D eigenvalue weighted by atomic mass is 10.1. The van der Waals surface area contributed by atoms with Gasteiger partial charge in [-0.3, -0.25) is 19.8 Å². The molecule has 4 aromatic rings. The highest BCUT2D eigenvalue weighted by Crippen LogP contribution is 2.31. The lowest BCUT2D eigenvalue weighted by Gasteiger charge is -2.19. The minimum absolute atomic E-state index is 0.0707. The van der Waals surface area contributed by atoms with Crippen molar-refractivity contribution in [3.8, 4) is 17.1 Å². The predicted octanol–water partition coefficient (Wildman–Crippen LogP) is 5.07. The molecule has 5 rings (SSSR count). The maximum atomic E-state index is 14.0. The normalized spacial score (nSPS) is 12.7. The van der Waals surface area contributed by atoms with Crippen molar-refractivity contribution in [2.24, 2.45) is 7.05 Å². The molecule has 0 spiro atoms. The summed E-state index contributed by atoms with van der Waals surface area (Å²) in [6.07, 6.45) is 2.41. The van der Waals surface area contributed by atoms with Crippen LogP contribution in [-0.4, -0.2) is 40.4 Å². The summed E-state index contributed by atoms with van der Waals surface area (Å²) in [4.78, 5) is 31.1. The Morgan fingerprint density at radius 1 is 1.12 bits per heavy atom. The van der Waals surface area contributed by atoms with Crippen molar-refractivity contribution in [2.75, 3.05) is 18.5 Å². The number of aromatic nitrogens is 2. The number of amides is 2. The van der Waals surface area contributed by atoms with Crippen LogP contribution in [0.15, 0.2) is 66.9 Å². The monoisotopic (exact) mass is 575 g/mol. The summed E-state index contributed by atoms with van der Waals surface area (Å²) < 4.78 is 21.6. The number of nitrogens with zero attached hydrogens (tertiary/aromatic N) is 4. The van der Waals surface area contributed by atoms with Crippen LogP contribution < -0.4 is 15.0 Å². The summed E-state index contributed by atoms with van der Waals surface area (Å²) >= 11 is 6.05. The molecule has 2 heterocycles. The Labute approximate surface area is 243 Å². The molecule has 0 radical (unpaired) electrons. The highest BCUT2D eigenvalue weighted by molar-refractivity contribution is 6.32. The van der Waals surface area contributed by atoms with Gasteiger partial charge in [0.1, 0.15) is 18.2 Å². The fraction of sp³-hybridized carbons (Fsp3) is 0.258. The lowest BCUT2D eigenvalue weighted by molar-refractivity contribution is -0.125. The number of carbonyl (C=O) groups is 2. The molecular formula is C31H31ClFN5O3. The van der Waals surface area contributed by atoms with Gasteiger partial charge >= 0.3 is 0 Å². The number of carbonyl (C=O) groups excluding carboxylic acids is 2. The number of para-hydroxylation sites is 1. The van der Waals surface area contributed by atoms with Crippen LogP contribution in [0.3, 0.4) is 0 Å². The zero-order valence-corrected chi connectivity index (χ0v) is 23.7. The molecule has 0 saturated carbocycles. The van der Waals surface area contributed by atoms with Crippen LogP contribution in [0.25, 0.3) is 11.4 Å². The molecule has 41 heavy (non-hydrogen) atoms. The first-order valence-electron chi connectivity index (χ1n) is 13.3. The number of anilines is 1. The summed E-state index contributed by atoms with van der Waals surface area (Å²) in [6, 6.07) is 19.1. The standard InChI is InChI=1S/C31H31ClFN5O3/c1-36(13-12-28(40)35-20-39)29-15-34-31(37(29)2)23-10-11-24-17-38(18-25(24)14-23)16-21-6-8-22(9-7-21)19-41-30-26(32)4-3-5-27(30)33/h3-11,14-15,20H,12-13,16-19H2,1-2H3,(H,35,39,40). The number of ether oxygens (including phenoxy) is 1. The van der Waals surface area contributed by atoms with Gasteiger partial charge in [0.15, 0.2) is 11.6 Å². The summed E-state index contributed by atoms with van der Waals surface area (Å²) in [7, 11) is 3.85. The molecule has 0 atom stereocenters. The quantitative estimate of drug-likeness (QED) is 0.252. The first-order chi connectivity index (χ1) is 19.8. The third-order valence-electron chi connectivity index (χ3n) is 7.23. The van der Waals surface area contributed by atoms with Gasteiger partial charge in [0, 0.05) is 52.3 Å². The van der Waals surface area contributed by atoms with E-state index in [-0.39, 0.29) is 29.7 Å². The fourth-order valence-corrected chi connectivity index (χ4v) is 5.25. The predicted molar refractivity (Wildman–Crippen MR) is 156 cm³/mol. The number of rotatable bonds is 11. The van der Waals surface area contributed by atoms with Crippen molar-refractivity contribution in [3.63, 3.8) is 0 Å². The Morgan fingerprint density at radius 3 is 2.63 bits per heavy atom. The van der Waals surface area contributed by atoms with Gasteiger partial charge in [0.2, 0.25) is 12.3 Å². The Hall–Kier alpha value is -4.21. The molecule has 0 aliphatic carbocycles. The Kier molecular flexibility index (Phi) is 8.66. The maximum Gasteiger partial charge on any atom is 0.228 e. The molecule has 0 bridgehead atoms. The van der Waals surface area contributed by atoms with Gasteiger partial charge in [-0.25, -0.2) is 9.37 Å². The number of imidazole rings is 1. The van der Waals surface area contributed by atoms with E-state index in [4.69, 9.17) is 16.3 Å². The first kappa shape index (κ1) is 28.3. The minimum Gasteiger partial charge on any atom is -0.484 e. The Balaban J connectivity index is 1.18. The third kappa shape index (κ3) is 6.58. The second-order valence-electron chi connectivity index (χ2n) is 10.1. The highest BCUT2D eigenvalue weighted by atomic mass is 35.5. The molecule has 0 saturated heterocycles. The van der Waals surface area contributed by atoms with Crippen molar-refractivity contribution >= 4 is 29.7 Å². The molecule has 10 heteroatoms. The summed E-state index contributed by atoms with van der Waals surface area (Å²) in [5.74, 6) is 1.01. The Morgan fingerprint density at radius 2 is 1.88 bits per heavy atom. The molecule has 8 nitrogen and oxygen atoms in total. The second kappa shape index (κ2) is 12.5. The molecule has 3 aromatic carbocycles. The molecule has 1 aromatic heterocycles. The molecule has 1 N–H and O–H groups in total. The van der Waals surface area contributed by atoms with Gasteiger partial charge in [0.05, 0.1) is 11.2 Å². The first-order valence-corrected chi connectivity index (χ1v) is 13.6. The van der Waals surface area contributed by atoms with Crippen molar-refractivity contribution in [2.45, 2.75) is 32.7 Å². The van der Waals surface area contributed by atoms with E-state index in [0.29, 0.717) is 13.0 Å². The van der Waals surface area contributed by atoms with Crippen LogP contribution in [0.2, 0.25) is 5.02 Å². The number of halogens is 2. The van der Waals surface area contributed by atoms with Crippen molar-refractivity contribution in [1.82, 2.24) is 19.8 Å². The number of imide groups is 1. The minimum atomic E-state index is -0.473. The average Bonchev–Trinajstić information content (AvgIpc) is 3.54. The van der Waals surface area contributed by atoms with E-state index < -0.39 is 5.82 Å². The summed E-state index contributed by atoms with van der Waals surface area (Å²) in [6.45, 7) is 3.20. The smallest absolute Gasteiger partial charge is 0.228 e. The number of fused-ring (bicyclic) bond motifs is 1. The van der Waals surface area contributed by atoms with Crippen LogP contribution in [-0.2, 0) is 42.9 Å². The van der Waals surface area contributed by atoms with Gasteiger partial charge in [-0.05, 0) is 40.5 Å². The topological polar surface area (TPSA) is 79.7 Å². The number of hydrogen-bond donors (Lipinski definition) is 1. The van der Waals surface area contributed by atoms with Crippen molar-refractivity contribution in [3.05, 3.63) is 100.0 Å². The van der Waals surface area contributed by atoms with Crippen LogP contribution in [0.1, 0.15) is 28.7 Å². The van der Waals surface area contributed by atoms with Crippen LogP contribution in [0.4, 0.5) is 10.2 Å². The highest BCUT2D eigenvalue weighted by Gasteiger charge is 2.21. The average molecular weight is 576 g/mol. The molecular weight excluding hydrogens is 545 g/mol. The number of nitrogens with one attached hydrogen (secondary N) is 1. The second-order valence-corrected chi connectivity index (χ2v) is 10.5. The molecule has 0 unspecified atom stereocenters. The van der Waals surface area contributed by atoms with E-state index in [1.165, 1.54) is 22.8 Å². The van der Waals surface area contributed by atoms with E-state index in [0.717, 1.165) is 42.4 Å².